The number of rotatable bonds is 5. The van der Waals surface area contributed by atoms with Gasteiger partial charge in [-0.2, -0.15) is 5.10 Å². The van der Waals surface area contributed by atoms with E-state index in [4.69, 9.17) is 10.8 Å². The maximum atomic E-state index is 10.7. The first-order chi connectivity index (χ1) is 7.43. The number of carbonyl (C=O) groups is 2. The number of H-pyrrole nitrogens is 1. The molecule has 0 bridgehead atoms. The van der Waals surface area contributed by atoms with Gasteiger partial charge in [-0.05, 0) is 0 Å². The first-order valence-electron chi connectivity index (χ1n) is 4.34. The van der Waals surface area contributed by atoms with Gasteiger partial charge in [0, 0.05) is 5.56 Å². The molecule has 1 amide bonds. The number of hydrogen-bond acceptors (Lipinski definition) is 5. The van der Waals surface area contributed by atoms with Crippen molar-refractivity contribution in [2.75, 3.05) is 0 Å². The van der Waals surface area contributed by atoms with E-state index in [1.165, 1.54) is 0 Å². The summed E-state index contributed by atoms with van der Waals surface area (Å²) in [6, 6.07) is 0. The fourth-order valence-electron chi connectivity index (χ4n) is 1.22. The summed E-state index contributed by atoms with van der Waals surface area (Å²) in [7, 11) is 0. The van der Waals surface area contributed by atoms with E-state index in [0.29, 0.717) is 0 Å². The van der Waals surface area contributed by atoms with Crippen molar-refractivity contribution >= 4 is 11.9 Å². The average molecular weight is 229 g/mol. The van der Waals surface area contributed by atoms with Crippen LogP contribution in [-0.2, 0) is 4.79 Å². The van der Waals surface area contributed by atoms with E-state index < -0.39 is 30.5 Å². The van der Waals surface area contributed by atoms with Crippen LogP contribution in [0.15, 0.2) is 6.20 Å². The van der Waals surface area contributed by atoms with Gasteiger partial charge in [-0.3, -0.25) is 9.89 Å². The molecule has 8 nitrogen and oxygen atoms in total. The molecule has 88 valence electrons. The Morgan fingerprint density at radius 2 is 2.12 bits per heavy atom. The van der Waals surface area contributed by atoms with Gasteiger partial charge >= 0.3 is 5.97 Å². The number of aliphatic hydroxyl groups is 2. The number of nitrogens with zero attached hydrogens (tertiary/aromatic N) is 1. The van der Waals surface area contributed by atoms with Crippen LogP contribution in [0.2, 0.25) is 0 Å². The zero-order chi connectivity index (χ0) is 12.3. The van der Waals surface area contributed by atoms with Gasteiger partial charge in [-0.15, -0.1) is 0 Å². The predicted molar refractivity (Wildman–Crippen MR) is 50.3 cm³/mol. The second-order valence-corrected chi connectivity index (χ2v) is 3.19. The van der Waals surface area contributed by atoms with E-state index in [-0.39, 0.29) is 11.3 Å². The number of primary amides is 1. The van der Waals surface area contributed by atoms with Crippen LogP contribution in [0.1, 0.15) is 28.6 Å². The second-order valence-electron chi connectivity index (χ2n) is 3.19. The smallest absolute Gasteiger partial charge is 0.354 e. The second kappa shape index (κ2) is 4.73. The van der Waals surface area contributed by atoms with Crippen LogP contribution in [0.5, 0.6) is 0 Å². The van der Waals surface area contributed by atoms with E-state index >= 15 is 0 Å². The molecule has 1 aromatic rings. The van der Waals surface area contributed by atoms with Gasteiger partial charge < -0.3 is 21.1 Å². The molecule has 0 radical (unpaired) electrons. The van der Waals surface area contributed by atoms with Gasteiger partial charge in [0.1, 0.15) is 11.8 Å². The van der Waals surface area contributed by atoms with Crippen LogP contribution in [0.4, 0.5) is 0 Å². The largest absolute Gasteiger partial charge is 0.477 e. The lowest BCUT2D eigenvalue weighted by atomic mass is 10.0. The Kier molecular flexibility index (Phi) is 3.59. The molecular formula is C8H11N3O5. The lowest BCUT2D eigenvalue weighted by molar-refractivity contribution is -0.121. The highest BCUT2D eigenvalue weighted by Gasteiger charge is 2.26. The first-order valence-corrected chi connectivity index (χ1v) is 4.34. The molecule has 16 heavy (non-hydrogen) atoms. The van der Waals surface area contributed by atoms with Crippen LogP contribution in [0.3, 0.4) is 0 Å². The Balaban J connectivity index is 2.87. The molecular weight excluding hydrogens is 218 g/mol. The normalized spacial score (nSPS) is 14.4. The number of nitrogens with one attached hydrogen (secondary N) is 1. The number of carboxylic acid groups (broad SMARTS) is 1. The lowest BCUT2D eigenvalue weighted by Gasteiger charge is -2.15. The van der Waals surface area contributed by atoms with Crippen LogP contribution in [-0.4, -0.2) is 43.5 Å². The Morgan fingerprint density at radius 1 is 1.50 bits per heavy atom. The molecule has 0 saturated carbocycles. The summed E-state index contributed by atoms with van der Waals surface area (Å²) in [6.07, 6.45) is -2.39. The molecule has 2 atom stereocenters. The number of aromatic nitrogens is 2. The number of carbonyl (C=O) groups excluding carboxylic acids is 1. The first kappa shape index (κ1) is 12.1. The van der Waals surface area contributed by atoms with E-state index in [2.05, 4.69) is 10.2 Å². The van der Waals surface area contributed by atoms with Gasteiger partial charge in [-0.1, -0.05) is 0 Å². The lowest BCUT2D eigenvalue weighted by Crippen LogP contribution is -2.26. The monoisotopic (exact) mass is 229 g/mol. The zero-order valence-corrected chi connectivity index (χ0v) is 8.12. The van der Waals surface area contributed by atoms with Crippen molar-refractivity contribution in [3.05, 3.63) is 17.5 Å². The van der Waals surface area contributed by atoms with E-state index in [1.807, 2.05) is 0 Å². The Bertz CT molecular complexity index is 402. The Labute approximate surface area is 89.7 Å². The van der Waals surface area contributed by atoms with Crippen molar-refractivity contribution in [2.24, 2.45) is 5.73 Å². The number of aromatic amines is 1. The van der Waals surface area contributed by atoms with Crippen molar-refractivity contribution in [2.45, 2.75) is 18.6 Å². The average Bonchev–Trinajstić information content (AvgIpc) is 2.63. The quantitative estimate of drug-likeness (QED) is 0.409. The number of aromatic carboxylic acids is 1. The number of amides is 1. The summed E-state index contributed by atoms with van der Waals surface area (Å²) >= 11 is 0. The van der Waals surface area contributed by atoms with Gasteiger partial charge in [0.05, 0.1) is 18.7 Å². The van der Waals surface area contributed by atoms with Crippen LogP contribution in [0, 0.1) is 0 Å². The SMILES string of the molecule is NC(=O)CC(O)C(O)c1cn[nH]c1C(=O)O. The summed E-state index contributed by atoms with van der Waals surface area (Å²) < 4.78 is 0. The van der Waals surface area contributed by atoms with Crippen LogP contribution < -0.4 is 5.73 Å². The van der Waals surface area contributed by atoms with Crippen molar-refractivity contribution in [1.29, 1.82) is 0 Å². The molecule has 0 aliphatic rings. The molecule has 0 fully saturated rings. The van der Waals surface area contributed by atoms with Crippen molar-refractivity contribution in [1.82, 2.24) is 10.2 Å². The highest BCUT2D eigenvalue weighted by Crippen LogP contribution is 2.20. The maximum absolute atomic E-state index is 10.7. The molecule has 6 N–H and O–H groups in total. The minimum atomic E-state index is -1.53. The van der Waals surface area contributed by atoms with Gasteiger partial charge in [0.2, 0.25) is 5.91 Å². The molecule has 2 unspecified atom stereocenters. The Morgan fingerprint density at radius 3 is 2.62 bits per heavy atom. The Hall–Kier alpha value is -1.93. The number of nitrogens with two attached hydrogens (primary N) is 1. The molecule has 1 heterocycles. The summed E-state index contributed by atoms with van der Waals surface area (Å²) in [5.41, 5.74) is 4.40. The minimum Gasteiger partial charge on any atom is -0.477 e. The molecule has 0 aromatic carbocycles. The third kappa shape index (κ3) is 2.55. The highest BCUT2D eigenvalue weighted by atomic mass is 16.4. The van der Waals surface area contributed by atoms with Gasteiger partial charge in [0.15, 0.2) is 0 Å². The van der Waals surface area contributed by atoms with Gasteiger partial charge in [0.25, 0.3) is 0 Å². The molecule has 0 saturated heterocycles. The fourth-order valence-corrected chi connectivity index (χ4v) is 1.22. The molecule has 0 spiro atoms. The van der Waals surface area contributed by atoms with Crippen molar-refractivity contribution in [3.63, 3.8) is 0 Å². The molecule has 1 aromatic heterocycles. The predicted octanol–water partition coefficient (Wildman–Crippen LogP) is -1.62. The van der Waals surface area contributed by atoms with E-state index in [9.17, 15) is 19.8 Å². The third-order valence-corrected chi connectivity index (χ3v) is 1.98. The molecule has 1 rings (SSSR count). The molecule has 0 aliphatic carbocycles. The number of aliphatic hydroxyl groups excluding tert-OH is 2. The van der Waals surface area contributed by atoms with Crippen molar-refractivity contribution < 1.29 is 24.9 Å². The highest BCUT2D eigenvalue weighted by molar-refractivity contribution is 5.87. The third-order valence-electron chi connectivity index (χ3n) is 1.98. The summed E-state index contributed by atoms with van der Waals surface area (Å²) in [5, 5.41) is 33.3. The van der Waals surface area contributed by atoms with Crippen LogP contribution >= 0.6 is 0 Å². The maximum Gasteiger partial charge on any atom is 0.354 e. The van der Waals surface area contributed by atoms with E-state index in [1.54, 1.807) is 0 Å². The number of hydrogen-bond donors (Lipinski definition) is 5. The van der Waals surface area contributed by atoms with Crippen molar-refractivity contribution in [3.8, 4) is 0 Å². The topological polar surface area (TPSA) is 150 Å². The standard InChI is InChI=1S/C8H11N3O5/c9-5(13)1-4(12)7(14)3-2-10-11-6(3)8(15)16/h2,4,7,12,14H,1H2,(H2,9,13)(H,10,11)(H,15,16). The number of carboxylic acids is 1. The zero-order valence-electron chi connectivity index (χ0n) is 8.12. The molecule has 8 heteroatoms. The summed E-state index contributed by atoms with van der Waals surface area (Å²) in [6.45, 7) is 0. The van der Waals surface area contributed by atoms with Gasteiger partial charge in [-0.25, -0.2) is 4.79 Å². The summed E-state index contributed by atoms with van der Waals surface area (Å²) in [4.78, 5) is 21.2. The van der Waals surface area contributed by atoms with Crippen LogP contribution in [0.25, 0.3) is 0 Å². The fraction of sp³-hybridized carbons (Fsp3) is 0.375. The molecule has 0 aliphatic heterocycles. The minimum absolute atomic E-state index is 0.0961. The van der Waals surface area contributed by atoms with E-state index in [0.717, 1.165) is 6.20 Å². The summed E-state index contributed by atoms with van der Waals surface area (Å²) in [5.74, 6) is -2.12.